The summed E-state index contributed by atoms with van der Waals surface area (Å²) >= 11 is 0. The second-order valence-electron chi connectivity index (χ2n) is 15.5. The van der Waals surface area contributed by atoms with E-state index in [0.717, 1.165) is 78.6 Å². The van der Waals surface area contributed by atoms with Crippen molar-refractivity contribution in [1.29, 1.82) is 5.41 Å². The van der Waals surface area contributed by atoms with Crippen molar-refractivity contribution in [3.8, 4) is 39.6 Å². The molecule has 0 radical (unpaired) electrons. The number of nitrogens with zero attached hydrogens (tertiary/aromatic N) is 3. The first-order valence-corrected chi connectivity index (χ1v) is 20.8. The van der Waals surface area contributed by atoms with E-state index in [-0.39, 0.29) is 0 Å². The predicted molar refractivity (Wildman–Crippen MR) is 257 cm³/mol. The molecule has 292 valence electrons. The molecule has 0 saturated heterocycles. The summed E-state index contributed by atoms with van der Waals surface area (Å²) in [5.74, 6) is 0.651. The molecule has 3 heterocycles. The van der Waals surface area contributed by atoms with Crippen LogP contribution in [0.1, 0.15) is 27.8 Å². The van der Waals surface area contributed by atoms with E-state index in [1.807, 2.05) is 72.8 Å². The van der Waals surface area contributed by atoms with E-state index in [1.165, 1.54) is 21.8 Å². The molecule has 0 unspecified atom stereocenters. The highest BCUT2D eigenvalue weighted by atomic mass is 15.0. The molecule has 0 amide bonds. The van der Waals surface area contributed by atoms with E-state index in [4.69, 9.17) is 9.97 Å². The number of rotatable bonds is 8. The Labute approximate surface area is 360 Å². The number of nitrogens with one attached hydrogen (secondary N) is 2. The van der Waals surface area contributed by atoms with Gasteiger partial charge in [-0.2, -0.15) is 0 Å². The molecule has 1 aliphatic rings. The molecule has 0 atom stereocenters. The highest BCUT2D eigenvalue weighted by Crippen LogP contribution is 2.39. The Bertz CT molecular complexity index is 3300. The average Bonchev–Trinajstić information content (AvgIpc) is 3.69. The number of hydrogen-bond acceptors (Lipinski definition) is 4. The first-order chi connectivity index (χ1) is 30.7. The SMILES string of the molecule is N=C(/C(=C1\NC(c2ccccc2)=Cc2ccc(-c3cc(-c4ccc(-n5c6ccccc6c6ccccc65)cc4)nc(-c4ccccc4)n3)cc21)c1ccccc1)c1ccccc1. The van der Waals surface area contributed by atoms with Gasteiger partial charge in [0.05, 0.1) is 33.8 Å². The van der Waals surface area contributed by atoms with Crippen molar-refractivity contribution in [3.63, 3.8) is 0 Å². The quantitative estimate of drug-likeness (QED) is 0.151. The molecule has 2 aromatic heterocycles. The van der Waals surface area contributed by atoms with Crippen LogP contribution in [0.5, 0.6) is 0 Å². The third kappa shape index (κ3) is 6.68. The minimum absolute atomic E-state index is 0.435. The lowest BCUT2D eigenvalue weighted by molar-refractivity contribution is 1.17. The maximum atomic E-state index is 9.74. The molecule has 11 rings (SSSR count). The van der Waals surface area contributed by atoms with Gasteiger partial charge in [-0.1, -0.05) is 182 Å². The van der Waals surface area contributed by atoms with Gasteiger partial charge in [0.15, 0.2) is 5.82 Å². The topological polar surface area (TPSA) is 66.6 Å². The largest absolute Gasteiger partial charge is 0.354 e. The molecule has 8 aromatic carbocycles. The smallest absolute Gasteiger partial charge is 0.160 e. The van der Waals surface area contributed by atoms with E-state index in [1.54, 1.807) is 0 Å². The zero-order valence-corrected chi connectivity index (χ0v) is 33.7. The molecule has 62 heavy (non-hydrogen) atoms. The molecule has 0 fully saturated rings. The fourth-order valence-electron chi connectivity index (χ4n) is 8.63. The molecule has 0 bridgehead atoms. The first kappa shape index (κ1) is 36.7. The monoisotopic (exact) mass is 793 g/mol. The van der Waals surface area contributed by atoms with Crippen LogP contribution >= 0.6 is 0 Å². The third-order valence-corrected chi connectivity index (χ3v) is 11.6. The van der Waals surface area contributed by atoms with Crippen LogP contribution in [-0.2, 0) is 0 Å². The summed E-state index contributed by atoms with van der Waals surface area (Å²) in [6.45, 7) is 0. The van der Waals surface area contributed by atoms with Gasteiger partial charge in [0, 0.05) is 55.5 Å². The van der Waals surface area contributed by atoms with Crippen LogP contribution in [0.25, 0.3) is 84.4 Å². The number of aromatic nitrogens is 3. The third-order valence-electron chi connectivity index (χ3n) is 11.6. The summed E-state index contributed by atoms with van der Waals surface area (Å²) in [6.07, 6.45) is 2.20. The van der Waals surface area contributed by atoms with Crippen molar-refractivity contribution >= 4 is 50.6 Å². The summed E-state index contributed by atoms with van der Waals surface area (Å²) in [4.78, 5) is 10.4. The molecule has 0 saturated carbocycles. The van der Waals surface area contributed by atoms with Gasteiger partial charge < -0.3 is 9.88 Å². The summed E-state index contributed by atoms with van der Waals surface area (Å²) in [5, 5.41) is 16.0. The first-order valence-electron chi connectivity index (χ1n) is 20.8. The van der Waals surface area contributed by atoms with Crippen molar-refractivity contribution < 1.29 is 0 Å². The number of benzene rings is 8. The van der Waals surface area contributed by atoms with E-state index < -0.39 is 0 Å². The molecule has 5 heteroatoms. The predicted octanol–water partition coefficient (Wildman–Crippen LogP) is 13.6. The Kier molecular flexibility index (Phi) is 9.25. The van der Waals surface area contributed by atoms with Gasteiger partial charge in [0.1, 0.15) is 0 Å². The van der Waals surface area contributed by atoms with Gasteiger partial charge in [-0.3, -0.25) is 5.41 Å². The van der Waals surface area contributed by atoms with Crippen molar-refractivity contribution in [1.82, 2.24) is 19.9 Å². The minimum Gasteiger partial charge on any atom is -0.354 e. The summed E-state index contributed by atoms with van der Waals surface area (Å²) in [7, 11) is 0. The molecule has 2 N–H and O–H groups in total. The highest BCUT2D eigenvalue weighted by molar-refractivity contribution is 6.36. The van der Waals surface area contributed by atoms with Crippen LogP contribution in [0.2, 0.25) is 0 Å². The lowest BCUT2D eigenvalue weighted by atomic mass is 9.87. The fourth-order valence-corrected chi connectivity index (χ4v) is 8.63. The van der Waals surface area contributed by atoms with Gasteiger partial charge in [-0.15, -0.1) is 0 Å². The van der Waals surface area contributed by atoms with Gasteiger partial charge in [0.2, 0.25) is 0 Å². The van der Waals surface area contributed by atoms with E-state index >= 15 is 0 Å². The van der Waals surface area contributed by atoms with E-state index in [0.29, 0.717) is 11.5 Å². The molecule has 0 spiro atoms. The summed E-state index contributed by atoms with van der Waals surface area (Å²) < 4.78 is 2.33. The Morgan fingerprint density at radius 3 is 1.60 bits per heavy atom. The Hall–Kier alpha value is -8.41. The highest BCUT2D eigenvalue weighted by Gasteiger charge is 2.25. The van der Waals surface area contributed by atoms with Crippen molar-refractivity contribution in [2.45, 2.75) is 0 Å². The standard InChI is InChI=1S/C57H39N5/c58-55(41-21-9-3-10-22-41)54(40-19-7-2-8-20-40)56-48-35-44(30-29-43(48)36-49(59-56)38-17-5-1-6-18-38)51-37-50(60-57(61-51)42-23-11-4-12-24-42)39-31-33-45(34-32-39)62-52-27-15-13-25-46(52)47-26-14-16-28-53(47)62/h1-37,58-59H/b56-54-,58-55?. The molecule has 5 nitrogen and oxygen atoms in total. The molecular formula is C57H39N5. The second-order valence-corrected chi connectivity index (χ2v) is 15.5. The van der Waals surface area contributed by atoms with Crippen LogP contribution in [0.15, 0.2) is 218 Å². The maximum absolute atomic E-state index is 9.74. The van der Waals surface area contributed by atoms with Crippen LogP contribution in [-0.4, -0.2) is 20.2 Å². The number of para-hydroxylation sites is 2. The Balaban J connectivity index is 1.08. The summed E-state index contributed by atoms with van der Waals surface area (Å²) in [5.41, 5.74) is 15.9. The maximum Gasteiger partial charge on any atom is 0.160 e. The van der Waals surface area contributed by atoms with Gasteiger partial charge in [0.25, 0.3) is 0 Å². The Morgan fingerprint density at radius 2 is 0.968 bits per heavy atom. The van der Waals surface area contributed by atoms with Gasteiger partial charge >= 0.3 is 0 Å². The van der Waals surface area contributed by atoms with E-state index in [9.17, 15) is 5.41 Å². The normalized spacial score (nSPS) is 13.0. The second kappa shape index (κ2) is 15.6. The molecular weight excluding hydrogens is 755 g/mol. The van der Waals surface area contributed by atoms with Crippen LogP contribution in [0.4, 0.5) is 0 Å². The number of hydrogen-bond donors (Lipinski definition) is 2. The number of allylic oxidation sites excluding steroid dienone is 1. The van der Waals surface area contributed by atoms with Crippen molar-refractivity contribution in [3.05, 3.63) is 246 Å². The van der Waals surface area contributed by atoms with Crippen LogP contribution in [0, 0.1) is 5.41 Å². The zero-order valence-electron chi connectivity index (χ0n) is 33.7. The Morgan fingerprint density at radius 1 is 0.452 bits per heavy atom. The lowest BCUT2D eigenvalue weighted by Crippen LogP contribution is -2.20. The lowest BCUT2D eigenvalue weighted by Gasteiger charge is -2.27. The zero-order chi connectivity index (χ0) is 41.4. The molecule has 0 aliphatic carbocycles. The number of fused-ring (bicyclic) bond motifs is 4. The van der Waals surface area contributed by atoms with E-state index in [2.05, 4.69) is 162 Å². The molecule has 10 aromatic rings. The van der Waals surface area contributed by atoms with Gasteiger partial charge in [-0.25, -0.2) is 9.97 Å². The average molecular weight is 794 g/mol. The van der Waals surface area contributed by atoms with Crippen LogP contribution < -0.4 is 5.32 Å². The van der Waals surface area contributed by atoms with Crippen molar-refractivity contribution in [2.75, 3.05) is 0 Å². The summed E-state index contributed by atoms with van der Waals surface area (Å²) in [6, 6.07) is 75.3. The van der Waals surface area contributed by atoms with Crippen LogP contribution in [0.3, 0.4) is 0 Å². The van der Waals surface area contributed by atoms with Crippen molar-refractivity contribution in [2.24, 2.45) is 0 Å². The van der Waals surface area contributed by atoms with Gasteiger partial charge in [-0.05, 0) is 59.2 Å². The fraction of sp³-hybridized carbons (Fsp3) is 0. The molecule has 1 aliphatic heterocycles. The minimum atomic E-state index is 0.435.